The molecule has 3 aromatic rings. The first-order valence-corrected chi connectivity index (χ1v) is 9.45. The molecule has 0 bridgehead atoms. The Balaban J connectivity index is 1.74. The summed E-state index contributed by atoms with van der Waals surface area (Å²) in [7, 11) is 5.59. The molecule has 6 heteroatoms. The molecule has 2 heterocycles. The molecule has 2 aromatic heterocycles. The maximum atomic E-state index is 12.6. The summed E-state index contributed by atoms with van der Waals surface area (Å²) < 4.78 is 5.47. The number of aryl methyl sites for hydroxylation is 3. The van der Waals surface area contributed by atoms with Crippen molar-refractivity contribution in [3.63, 3.8) is 0 Å². The van der Waals surface area contributed by atoms with E-state index in [1.54, 1.807) is 18.9 Å². The third-order valence-electron chi connectivity index (χ3n) is 4.96. The van der Waals surface area contributed by atoms with Gasteiger partial charge in [-0.3, -0.25) is 4.79 Å². The van der Waals surface area contributed by atoms with Gasteiger partial charge in [0.25, 0.3) is 5.91 Å². The quantitative estimate of drug-likeness (QED) is 0.683. The summed E-state index contributed by atoms with van der Waals surface area (Å²) in [5.74, 6) is 0.302. The number of fused-ring (bicyclic) bond motifs is 1. The highest BCUT2D eigenvalue weighted by Crippen LogP contribution is 2.20. The van der Waals surface area contributed by atoms with E-state index >= 15 is 0 Å². The van der Waals surface area contributed by atoms with Crippen LogP contribution in [0.15, 0.2) is 45.7 Å². The molecule has 0 aliphatic rings. The van der Waals surface area contributed by atoms with Gasteiger partial charge in [-0.05, 0) is 50.7 Å². The van der Waals surface area contributed by atoms with Crippen LogP contribution in [0.2, 0.25) is 0 Å². The molecule has 1 aromatic carbocycles. The number of para-hydroxylation sites is 1. The van der Waals surface area contributed by atoms with Crippen molar-refractivity contribution >= 4 is 16.8 Å². The number of carbonyl (C=O) groups is 1. The Hall–Kier alpha value is -2.86. The zero-order valence-corrected chi connectivity index (χ0v) is 16.9. The average Bonchev–Trinajstić information content (AvgIpc) is 3.07. The smallest absolute Gasteiger partial charge is 0.349 e. The van der Waals surface area contributed by atoms with Gasteiger partial charge < -0.3 is 19.2 Å². The fourth-order valence-electron chi connectivity index (χ4n) is 3.29. The van der Waals surface area contributed by atoms with Gasteiger partial charge in [0.15, 0.2) is 0 Å². The predicted octanol–water partition coefficient (Wildman–Crippen LogP) is 2.85. The Labute approximate surface area is 164 Å². The van der Waals surface area contributed by atoms with Crippen LogP contribution < -0.4 is 5.63 Å². The van der Waals surface area contributed by atoms with Crippen molar-refractivity contribution in [2.45, 2.75) is 19.8 Å². The second-order valence-electron chi connectivity index (χ2n) is 7.45. The van der Waals surface area contributed by atoms with Crippen LogP contribution in [0.1, 0.15) is 27.2 Å². The molecule has 0 aliphatic carbocycles. The number of benzene rings is 1. The molecule has 0 unspecified atom stereocenters. The van der Waals surface area contributed by atoms with Gasteiger partial charge in [0.05, 0.1) is 0 Å². The Morgan fingerprint density at radius 1 is 1.11 bits per heavy atom. The number of H-pyrrole nitrogens is 1. The SMILES string of the molecule is Cc1cc(CCc2c[nH]c3ccccc23)oc(=O)c1C(=O)N(C)CCN(C)C. The van der Waals surface area contributed by atoms with Crippen LogP contribution >= 0.6 is 0 Å². The average molecular weight is 381 g/mol. The lowest BCUT2D eigenvalue weighted by Gasteiger charge is -2.20. The highest BCUT2D eigenvalue weighted by molar-refractivity contribution is 5.95. The molecule has 0 spiro atoms. The van der Waals surface area contributed by atoms with Crippen molar-refractivity contribution < 1.29 is 9.21 Å². The van der Waals surface area contributed by atoms with Crippen molar-refractivity contribution in [3.8, 4) is 0 Å². The first-order chi connectivity index (χ1) is 13.4. The van der Waals surface area contributed by atoms with Crippen LogP contribution in [0.5, 0.6) is 0 Å². The van der Waals surface area contributed by atoms with E-state index in [0.717, 1.165) is 18.5 Å². The van der Waals surface area contributed by atoms with Crippen LogP contribution in [0.3, 0.4) is 0 Å². The molecule has 28 heavy (non-hydrogen) atoms. The number of amides is 1. The molecule has 0 aliphatic heterocycles. The summed E-state index contributed by atoms with van der Waals surface area (Å²) in [5, 5.41) is 1.18. The van der Waals surface area contributed by atoms with Crippen molar-refractivity contribution in [2.75, 3.05) is 34.2 Å². The first-order valence-electron chi connectivity index (χ1n) is 9.45. The molecular formula is C22H27N3O3. The van der Waals surface area contributed by atoms with E-state index in [1.165, 1.54) is 10.9 Å². The summed E-state index contributed by atoms with van der Waals surface area (Å²) in [5.41, 5.74) is 2.50. The molecule has 1 amide bonds. The summed E-state index contributed by atoms with van der Waals surface area (Å²) in [6.45, 7) is 3.07. The van der Waals surface area contributed by atoms with Gasteiger partial charge in [-0.2, -0.15) is 0 Å². The Morgan fingerprint density at radius 3 is 2.57 bits per heavy atom. The number of nitrogens with zero attached hydrogens (tertiary/aromatic N) is 2. The number of aromatic amines is 1. The van der Waals surface area contributed by atoms with Crippen molar-refractivity contribution in [1.82, 2.24) is 14.8 Å². The van der Waals surface area contributed by atoms with Crippen molar-refractivity contribution in [1.29, 1.82) is 0 Å². The van der Waals surface area contributed by atoms with Crippen LogP contribution in [0.25, 0.3) is 10.9 Å². The molecule has 0 saturated carbocycles. The largest absolute Gasteiger partial charge is 0.427 e. The van der Waals surface area contributed by atoms with E-state index in [2.05, 4.69) is 11.1 Å². The topological polar surface area (TPSA) is 69.5 Å². The van der Waals surface area contributed by atoms with Gasteiger partial charge >= 0.3 is 5.63 Å². The van der Waals surface area contributed by atoms with Crippen LogP contribution in [0.4, 0.5) is 0 Å². The lowest BCUT2D eigenvalue weighted by molar-refractivity contribution is 0.0780. The number of hydrogen-bond acceptors (Lipinski definition) is 4. The third kappa shape index (κ3) is 4.34. The normalized spacial score (nSPS) is 11.3. The Kier molecular flexibility index (Phi) is 5.99. The molecule has 148 valence electrons. The monoisotopic (exact) mass is 381 g/mol. The standard InChI is InChI=1S/C22H27N3O3/c1-15-13-17(10-9-16-14-23-19-8-6-5-7-18(16)19)28-22(27)20(15)21(26)25(4)12-11-24(2)3/h5-8,13-14,23H,9-12H2,1-4H3. The number of nitrogens with one attached hydrogen (secondary N) is 1. The highest BCUT2D eigenvalue weighted by Gasteiger charge is 2.20. The summed E-state index contributed by atoms with van der Waals surface area (Å²) in [6.07, 6.45) is 3.35. The third-order valence-corrected chi connectivity index (χ3v) is 4.96. The molecule has 0 fully saturated rings. The first kappa shape index (κ1) is 19.9. The number of hydrogen-bond donors (Lipinski definition) is 1. The minimum Gasteiger partial charge on any atom is -0.427 e. The van der Waals surface area contributed by atoms with Crippen molar-refractivity contribution in [2.24, 2.45) is 0 Å². The van der Waals surface area contributed by atoms with E-state index in [9.17, 15) is 9.59 Å². The molecule has 3 rings (SSSR count). The van der Waals surface area contributed by atoms with Crippen LogP contribution in [-0.2, 0) is 12.8 Å². The zero-order chi connectivity index (χ0) is 20.3. The predicted molar refractivity (Wildman–Crippen MR) is 111 cm³/mol. The number of carbonyl (C=O) groups excluding carboxylic acids is 1. The van der Waals surface area contributed by atoms with Gasteiger partial charge in [-0.25, -0.2) is 4.79 Å². The second kappa shape index (κ2) is 8.44. The van der Waals surface area contributed by atoms with Crippen molar-refractivity contribution in [3.05, 3.63) is 69.4 Å². The van der Waals surface area contributed by atoms with E-state index in [-0.39, 0.29) is 11.5 Å². The summed E-state index contributed by atoms with van der Waals surface area (Å²) in [4.78, 5) is 31.9. The maximum Gasteiger partial charge on any atom is 0.349 e. The number of rotatable bonds is 7. The molecule has 1 N–H and O–H groups in total. The number of aromatic nitrogens is 1. The van der Waals surface area contributed by atoms with Crippen LogP contribution in [-0.4, -0.2) is 54.9 Å². The zero-order valence-electron chi connectivity index (χ0n) is 16.9. The van der Waals surface area contributed by atoms with Gasteiger partial charge in [0.1, 0.15) is 11.3 Å². The van der Waals surface area contributed by atoms with E-state index in [0.29, 0.717) is 24.3 Å². The molecule has 0 atom stereocenters. The summed E-state index contributed by atoms with van der Waals surface area (Å²) >= 11 is 0. The molecule has 6 nitrogen and oxygen atoms in total. The van der Waals surface area contributed by atoms with E-state index in [4.69, 9.17) is 4.42 Å². The lowest BCUT2D eigenvalue weighted by atomic mass is 10.1. The maximum absolute atomic E-state index is 12.6. The minimum absolute atomic E-state index is 0.122. The van der Waals surface area contributed by atoms with E-state index < -0.39 is 5.63 Å². The lowest BCUT2D eigenvalue weighted by Crippen LogP contribution is -2.36. The van der Waals surface area contributed by atoms with Gasteiger partial charge in [0.2, 0.25) is 0 Å². The molecule has 0 radical (unpaired) electrons. The van der Waals surface area contributed by atoms with E-state index in [1.807, 2.05) is 49.5 Å². The number of likely N-dealkylation sites (N-methyl/N-ethyl adjacent to an activating group) is 2. The fourth-order valence-corrected chi connectivity index (χ4v) is 3.29. The highest BCUT2D eigenvalue weighted by atomic mass is 16.4. The Bertz CT molecular complexity index is 1030. The molecule has 0 saturated heterocycles. The minimum atomic E-state index is -0.560. The fraction of sp³-hybridized carbons (Fsp3) is 0.364. The van der Waals surface area contributed by atoms with Gasteiger partial charge in [0, 0.05) is 43.7 Å². The summed E-state index contributed by atoms with van der Waals surface area (Å²) in [6, 6.07) is 9.93. The van der Waals surface area contributed by atoms with Crippen LogP contribution in [0, 0.1) is 6.92 Å². The van der Waals surface area contributed by atoms with Gasteiger partial charge in [-0.15, -0.1) is 0 Å². The second-order valence-corrected chi connectivity index (χ2v) is 7.45. The van der Waals surface area contributed by atoms with Gasteiger partial charge in [-0.1, -0.05) is 18.2 Å². The molecular weight excluding hydrogens is 354 g/mol. The Morgan fingerprint density at radius 2 is 1.86 bits per heavy atom.